The van der Waals surface area contributed by atoms with Crippen LogP contribution in [0.2, 0.25) is 10.0 Å². The lowest BCUT2D eigenvalue weighted by molar-refractivity contribution is 0.711. The summed E-state index contributed by atoms with van der Waals surface area (Å²) >= 11 is 12.4. The first kappa shape index (κ1) is 36.2. The van der Waals surface area contributed by atoms with E-state index >= 15 is 0 Å². The smallest absolute Gasteiger partial charge is 0.298 e. The Morgan fingerprint density at radius 2 is 0.556 bits per heavy atom. The second kappa shape index (κ2) is 16.2. The van der Waals surface area contributed by atoms with Gasteiger partial charge < -0.3 is 0 Å². The first-order valence-electron chi connectivity index (χ1n) is 17.3. The van der Waals surface area contributed by atoms with Gasteiger partial charge >= 0.3 is 22.2 Å². The molecule has 0 aliphatic carbocycles. The van der Waals surface area contributed by atoms with Gasteiger partial charge in [-0.25, -0.2) is 0 Å². The van der Waals surface area contributed by atoms with E-state index in [0.717, 1.165) is 22.3 Å². The Morgan fingerprint density at radius 3 is 0.815 bits per heavy atom. The van der Waals surface area contributed by atoms with Crippen molar-refractivity contribution in [2.75, 3.05) is 0 Å². The minimum Gasteiger partial charge on any atom is -0.298 e. The number of rotatable bonds is 8. The van der Waals surface area contributed by atoms with E-state index in [2.05, 4.69) is 0 Å². The number of aromatic nitrogens is 4. The van der Waals surface area contributed by atoms with Crippen LogP contribution in [0, 0.1) is 0 Å². The fraction of sp³-hybridized carbons (Fsp3) is 0.0909. The maximum absolute atomic E-state index is 12.9. The number of hydrogen-bond donors (Lipinski definition) is 0. The second-order valence-corrected chi connectivity index (χ2v) is 13.6. The summed E-state index contributed by atoms with van der Waals surface area (Å²) < 4.78 is 6.04. The first-order chi connectivity index (χ1) is 26.3. The molecule has 54 heavy (non-hydrogen) atoms. The van der Waals surface area contributed by atoms with Gasteiger partial charge in [-0.3, -0.25) is 37.4 Å². The van der Waals surface area contributed by atoms with Crippen molar-refractivity contribution in [3.63, 3.8) is 0 Å². The lowest BCUT2D eigenvalue weighted by atomic mass is 10.2. The third-order valence-electron chi connectivity index (χ3n) is 9.12. The van der Waals surface area contributed by atoms with Gasteiger partial charge in [0.2, 0.25) is 0 Å². The summed E-state index contributed by atoms with van der Waals surface area (Å²) in [6.45, 7) is 1.30. The van der Waals surface area contributed by atoms with Crippen molar-refractivity contribution >= 4 is 45.3 Å². The van der Waals surface area contributed by atoms with E-state index in [-0.39, 0.29) is 0 Å². The van der Waals surface area contributed by atoms with E-state index in [4.69, 9.17) is 23.2 Å². The lowest BCUT2D eigenvalue weighted by Crippen LogP contribution is -2.41. The van der Waals surface area contributed by atoms with Crippen LogP contribution in [0.15, 0.2) is 177 Å². The van der Waals surface area contributed by atoms with E-state index in [0.29, 0.717) is 58.3 Å². The molecule has 0 spiro atoms. The molecule has 0 aliphatic rings. The molecule has 0 N–H and O–H groups in total. The quantitative estimate of drug-likeness (QED) is 0.148. The minimum atomic E-state index is -0.551. The third-order valence-corrected chi connectivity index (χ3v) is 9.59. The first-order valence-corrected chi connectivity index (χ1v) is 18.0. The van der Waals surface area contributed by atoms with Gasteiger partial charge in [-0.15, -0.1) is 0 Å². The van der Waals surface area contributed by atoms with Gasteiger partial charge in [0.15, 0.2) is 0 Å². The Kier molecular flexibility index (Phi) is 10.8. The molecule has 0 saturated heterocycles. The van der Waals surface area contributed by atoms with Crippen LogP contribution in [-0.4, -0.2) is 18.3 Å². The van der Waals surface area contributed by atoms with Crippen LogP contribution in [0.3, 0.4) is 0 Å². The molecule has 0 bridgehead atoms. The summed E-state index contributed by atoms with van der Waals surface area (Å²) in [5.74, 6) is 0. The van der Waals surface area contributed by atoms with Gasteiger partial charge in [0.1, 0.15) is 0 Å². The van der Waals surface area contributed by atoms with E-state index in [9.17, 15) is 19.2 Å². The number of fused-ring (bicyclic) bond motifs is 2. The van der Waals surface area contributed by atoms with Crippen molar-refractivity contribution < 1.29 is 0 Å². The molecule has 8 rings (SSSR count). The molecule has 268 valence electrons. The van der Waals surface area contributed by atoms with Crippen molar-refractivity contribution in [3.8, 4) is 0 Å². The number of benzene rings is 6. The molecule has 0 fully saturated rings. The monoisotopic (exact) mass is 752 g/mol. The highest BCUT2D eigenvalue weighted by Gasteiger charge is 2.16. The summed E-state index contributed by atoms with van der Waals surface area (Å²) in [5, 5.41) is 1.04. The molecule has 0 unspecified atom stereocenters. The summed E-state index contributed by atoms with van der Waals surface area (Å²) in [5.41, 5.74) is 4.28. The molecule has 2 heterocycles. The van der Waals surface area contributed by atoms with Crippen LogP contribution < -0.4 is 22.2 Å². The standard InChI is InChI=1S/2C22H17ClN2O2/c2*23-18-11-12-19-20(13-18)25(15-17-9-5-2-6-10-17)22(27)21(26)24(19)14-16-7-3-1-4-8-16/h2*1-13H,14-15H2. The Hall–Kier alpha value is -6.22. The second-order valence-electron chi connectivity index (χ2n) is 12.8. The zero-order valence-electron chi connectivity index (χ0n) is 29.0. The van der Waals surface area contributed by atoms with Gasteiger partial charge in [-0.1, -0.05) is 145 Å². The predicted molar refractivity (Wildman–Crippen MR) is 217 cm³/mol. The molecule has 6 aromatic carbocycles. The zero-order valence-corrected chi connectivity index (χ0v) is 30.5. The predicted octanol–water partition coefficient (Wildman–Crippen LogP) is 7.83. The van der Waals surface area contributed by atoms with Crippen molar-refractivity contribution in [2.24, 2.45) is 0 Å². The Morgan fingerprint density at radius 1 is 0.315 bits per heavy atom. The topological polar surface area (TPSA) is 88.0 Å². The van der Waals surface area contributed by atoms with Gasteiger partial charge in [-0.2, -0.15) is 0 Å². The summed E-state index contributed by atoms with van der Waals surface area (Å²) in [6, 6.07) is 49.0. The summed E-state index contributed by atoms with van der Waals surface area (Å²) in [7, 11) is 0. The number of hydrogen-bond acceptors (Lipinski definition) is 4. The number of halogens is 2. The third kappa shape index (κ3) is 7.90. The SMILES string of the molecule is O=c1c(=O)n(Cc2ccccc2)c2cc(Cl)ccc2n1Cc1ccccc1.O=c1c(=O)n(Cc2ccccc2)c2cc(Cl)ccc2n1Cc1ccccc1. The Balaban J connectivity index is 0.000000167. The van der Waals surface area contributed by atoms with Crippen molar-refractivity contribution in [1.29, 1.82) is 0 Å². The van der Waals surface area contributed by atoms with Gasteiger partial charge in [-0.05, 0) is 58.7 Å². The van der Waals surface area contributed by atoms with Crippen molar-refractivity contribution in [2.45, 2.75) is 26.2 Å². The van der Waals surface area contributed by atoms with Crippen LogP contribution in [0.1, 0.15) is 22.3 Å². The average molecular weight is 754 g/mol. The van der Waals surface area contributed by atoms with E-state index in [1.54, 1.807) is 36.4 Å². The molecular weight excluding hydrogens is 719 g/mol. The fourth-order valence-electron chi connectivity index (χ4n) is 6.47. The molecule has 0 radical (unpaired) electrons. The van der Waals surface area contributed by atoms with E-state index in [1.807, 2.05) is 121 Å². The zero-order chi connectivity index (χ0) is 37.6. The maximum Gasteiger partial charge on any atom is 0.317 e. The minimum absolute atomic E-state index is 0.317. The molecule has 0 amide bonds. The lowest BCUT2D eigenvalue weighted by Gasteiger charge is -2.15. The molecule has 10 heteroatoms. The van der Waals surface area contributed by atoms with Crippen LogP contribution in [0.5, 0.6) is 0 Å². The summed E-state index contributed by atoms with van der Waals surface area (Å²) in [6.07, 6.45) is 0. The van der Waals surface area contributed by atoms with Crippen LogP contribution in [0.4, 0.5) is 0 Å². The normalized spacial score (nSPS) is 11.0. The largest absolute Gasteiger partial charge is 0.317 e. The highest BCUT2D eigenvalue weighted by molar-refractivity contribution is 6.31. The molecule has 2 aromatic heterocycles. The molecule has 8 nitrogen and oxygen atoms in total. The molecule has 0 atom stereocenters. The molecule has 0 aliphatic heterocycles. The number of nitrogens with zero attached hydrogens (tertiary/aromatic N) is 4. The fourth-order valence-corrected chi connectivity index (χ4v) is 6.81. The Bertz CT molecular complexity index is 2620. The van der Waals surface area contributed by atoms with Crippen molar-refractivity contribution in [3.05, 3.63) is 231 Å². The molecule has 8 aromatic rings. The molecular formula is C44H34Cl2N4O4. The van der Waals surface area contributed by atoms with E-state index in [1.165, 1.54) is 18.3 Å². The average Bonchev–Trinajstić information content (AvgIpc) is 3.20. The van der Waals surface area contributed by atoms with Gasteiger partial charge in [0.25, 0.3) is 0 Å². The van der Waals surface area contributed by atoms with E-state index < -0.39 is 22.2 Å². The van der Waals surface area contributed by atoms with Crippen LogP contribution >= 0.6 is 23.2 Å². The van der Waals surface area contributed by atoms with Gasteiger partial charge in [0, 0.05) is 10.0 Å². The Labute approximate surface area is 320 Å². The van der Waals surface area contributed by atoms with Crippen molar-refractivity contribution in [1.82, 2.24) is 18.3 Å². The molecule has 0 saturated carbocycles. The highest BCUT2D eigenvalue weighted by Crippen LogP contribution is 2.21. The van der Waals surface area contributed by atoms with Gasteiger partial charge in [0.05, 0.1) is 48.2 Å². The highest BCUT2D eigenvalue weighted by atomic mass is 35.5. The van der Waals surface area contributed by atoms with Crippen LogP contribution in [-0.2, 0) is 26.2 Å². The maximum atomic E-state index is 12.9. The van der Waals surface area contributed by atoms with Crippen LogP contribution in [0.25, 0.3) is 22.1 Å². The summed E-state index contributed by atoms with van der Waals surface area (Å²) in [4.78, 5) is 51.6.